The van der Waals surface area contributed by atoms with Crippen LogP contribution in [-0.2, 0) is 9.53 Å². The number of carbonyl (C=O) groups excluding carboxylic acids is 2. The molecule has 0 aromatic carbocycles. The van der Waals surface area contributed by atoms with Crippen LogP contribution >= 0.6 is 0 Å². The SMILES string of the molecule is CC(C)(C)OC(=O)N1C2CCCC1CC(C(=O)CC1CC1)C2. The Hall–Kier alpha value is -1.06. The van der Waals surface area contributed by atoms with E-state index in [1.807, 2.05) is 25.7 Å². The summed E-state index contributed by atoms with van der Waals surface area (Å²) in [4.78, 5) is 26.9. The Balaban J connectivity index is 1.65. The summed E-state index contributed by atoms with van der Waals surface area (Å²) >= 11 is 0. The van der Waals surface area contributed by atoms with E-state index in [2.05, 4.69) is 0 Å². The minimum atomic E-state index is -0.454. The molecule has 1 aliphatic carbocycles. The minimum Gasteiger partial charge on any atom is -0.444 e. The number of piperidine rings is 2. The quantitative estimate of drug-likeness (QED) is 0.794. The van der Waals surface area contributed by atoms with Gasteiger partial charge in [-0.25, -0.2) is 4.79 Å². The summed E-state index contributed by atoms with van der Waals surface area (Å²) in [5, 5.41) is 0. The molecule has 0 aromatic rings. The molecular weight excluding hydrogens is 278 g/mol. The van der Waals surface area contributed by atoms with E-state index in [1.165, 1.54) is 12.8 Å². The molecule has 0 spiro atoms. The number of fused-ring (bicyclic) bond motifs is 2. The predicted octanol–water partition coefficient (Wildman–Crippen LogP) is 3.92. The third-order valence-corrected chi connectivity index (χ3v) is 5.22. The second kappa shape index (κ2) is 5.86. The first kappa shape index (κ1) is 15.8. The maximum atomic E-state index is 12.5. The Bertz CT molecular complexity index is 436. The molecule has 2 bridgehead atoms. The molecular formula is C18H29NO3. The number of ketones is 1. The fourth-order valence-electron chi connectivity index (χ4n) is 4.03. The fraction of sp³-hybridized carbons (Fsp3) is 0.889. The Morgan fingerprint density at radius 3 is 2.14 bits per heavy atom. The summed E-state index contributed by atoms with van der Waals surface area (Å²) in [5.74, 6) is 1.29. The van der Waals surface area contributed by atoms with Crippen LogP contribution in [0.3, 0.4) is 0 Å². The number of carbonyl (C=O) groups is 2. The second-order valence-corrected chi connectivity index (χ2v) is 8.41. The number of Topliss-reactive ketones (excluding diaryl/α,β-unsaturated/α-hetero) is 1. The molecule has 3 fully saturated rings. The molecule has 1 amide bonds. The van der Waals surface area contributed by atoms with Gasteiger partial charge in [0.25, 0.3) is 0 Å². The summed E-state index contributed by atoms with van der Waals surface area (Å²) in [6.07, 6.45) is 7.95. The third kappa shape index (κ3) is 3.64. The molecule has 4 heteroatoms. The van der Waals surface area contributed by atoms with Gasteiger partial charge in [-0.05, 0) is 71.6 Å². The van der Waals surface area contributed by atoms with Gasteiger partial charge >= 0.3 is 6.09 Å². The molecule has 2 atom stereocenters. The van der Waals surface area contributed by atoms with Gasteiger partial charge in [0, 0.05) is 24.4 Å². The lowest BCUT2D eigenvalue weighted by molar-refractivity contribution is -0.127. The van der Waals surface area contributed by atoms with E-state index in [9.17, 15) is 9.59 Å². The minimum absolute atomic E-state index is 0.176. The van der Waals surface area contributed by atoms with E-state index in [0.717, 1.165) is 38.5 Å². The summed E-state index contributed by atoms with van der Waals surface area (Å²) < 4.78 is 5.59. The highest BCUT2D eigenvalue weighted by atomic mass is 16.6. The van der Waals surface area contributed by atoms with Gasteiger partial charge < -0.3 is 9.64 Å². The normalized spacial score (nSPS) is 31.8. The van der Waals surface area contributed by atoms with E-state index >= 15 is 0 Å². The van der Waals surface area contributed by atoms with E-state index in [-0.39, 0.29) is 24.1 Å². The number of hydrogen-bond donors (Lipinski definition) is 0. The van der Waals surface area contributed by atoms with Gasteiger partial charge in [0.2, 0.25) is 0 Å². The van der Waals surface area contributed by atoms with Crippen LogP contribution in [0, 0.1) is 11.8 Å². The van der Waals surface area contributed by atoms with E-state index in [4.69, 9.17) is 4.74 Å². The van der Waals surface area contributed by atoms with Crippen molar-refractivity contribution in [1.82, 2.24) is 4.90 Å². The summed E-state index contributed by atoms with van der Waals surface area (Å²) in [6, 6.07) is 0.408. The molecule has 4 nitrogen and oxygen atoms in total. The van der Waals surface area contributed by atoms with Gasteiger partial charge in [0.05, 0.1) is 0 Å². The van der Waals surface area contributed by atoms with E-state index in [0.29, 0.717) is 11.7 Å². The molecule has 2 heterocycles. The van der Waals surface area contributed by atoms with Crippen molar-refractivity contribution in [3.8, 4) is 0 Å². The molecule has 3 rings (SSSR count). The number of hydrogen-bond acceptors (Lipinski definition) is 3. The van der Waals surface area contributed by atoms with Gasteiger partial charge in [0.1, 0.15) is 11.4 Å². The molecule has 2 aliphatic heterocycles. The molecule has 2 saturated heterocycles. The van der Waals surface area contributed by atoms with Gasteiger partial charge in [-0.3, -0.25) is 4.79 Å². The first-order valence-electron chi connectivity index (χ1n) is 8.87. The Morgan fingerprint density at radius 1 is 1.05 bits per heavy atom. The summed E-state index contributed by atoms with van der Waals surface area (Å²) in [5.41, 5.74) is -0.454. The molecule has 1 saturated carbocycles. The first-order chi connectivity index (χ1) is 10.3. The average Bonchev–Trinajstić information content (AvgIpc) is 3.18. The molecule has 0 N–H and O–H groups in total. The van der Waals surface area contributed by atoms with Gasteiger partial charge in [-0.2, -0.15) is 0 Å². The molecule has 2 unspecified atom stereocenters. The topological polar surface area (TPSA) is 46.6 Å². The Morgan fingerprint density at radius 2 is 1.64 bits per heavy atom. The lowest BCUT2D eigenvalue weighted by Crippen LogP contribution is -2.56. The zero-order chi connectivity index (χ0) is 15.9. The lowest BCUT2D eigenvalue weighted by atomic mass is 9.76. The van der Waals surface area contributed by atoms with Crippen LogP contribution in [0.25, 0.3) is 0 Å². The third-order valence-electron chi connectivity index (χ3n) is 5.22. The second-order valence-electron chi connectivity index (χ2n) is 8.41. The van der Waals surface area contributed by atoms with E-state index in [1.54, 1.807) is 0 Å². The van der Waals surface area contributed by atoms with Gasteiger partial charge in [-0.15, -0.1) is 0 Å². The zero-order valence-corrected chi connectivity index (χ0v) is 14.1. The molecule has 22 heavy (non-hydrogen) atoms. The van der Waals surface area contributed by atoms with Crippen LogP contribution in [0.4, 0.5) is 4.79 Å². The van der Waals surface area contributed by atoms with Crippen LogP contribution in [0.5, 0.6) is 0 Å². The van der Waals surface area contributed by atoms with Crippen LogP contribution in [0.1, 0.15) is 72.1 Å². The van der Waals surface area contributed by atoms with Crippen molar-refractivity contribution >= 4 is 11.9 Å². The van der Waals surface area contributed by atoms with Crippen LogP contribution in [0.2, 0.25) is 0 Å². The number of nitrogens with zero attached hydrogens (tertiary/aromatic N) is 1. The number of rotatable bonds is 3. The molecule has 0 aromatic heterocycles. The molecule has 3 aliphatic rings. The first-order valence-corrected chi connectivity index (χ1v) is 8.87. The molecule has 124 valence electrons. The monoisotopic (exact) mass is 307 g/mol. The van der Waals surface area contributed by atoms with Crippen molar-refractivity contribution in [2.24, 2.45) is 11.8 Å². The number of ether oxygens (including phenoxy) is 1. The van der Waals surface area contributed by atoms with Gasteiger partial charge in [0.15, 0.2) is 0 Å². The standard InChI is InChI=1S/C18H29NO3/c1-18(2,3)22-17(21)19-14-5-4-6-15(19)11-13(10-14)16(20)9-12-7-8-12/h12-15H,4-11H2,1-3H3. The lowest BCUT2D eigenvalue weighted by Gasteiger charge is -2.48. The summed E-state index contributed by atoms with van der Waals surface area (Å²) in [6.45, 7) is 5.73. The molecule has 0 radical (unpaired) electrons. The smallest absolute Gasteiger partial charge is 0.410 e. The highest BCUT2D eigenvalue weighted by Crippen LogP contribution is 2.41. The van der Waals surface area contributed by atoms with Crippen molar-refractivity contribution in [3.05, 3.63) is 0 Å². The highest BCUT2D eigenvalue weighted by Gasteiger charge is 2.44. The average molecular weight is 307 g/mol. The van der Waals surface area contributed by atoms with Gasteiger partial charge in [-0.1, -0.05) is 0 Å². The Labute approximate surface area is 133 Å². The maximum absolute atomic E-state index is 12.5. The van der Waals surface area contributed by atoms with Crippen molar-refractivity contribution in [2.75, 3.05) is 0 Å². The Kier molecular flexibility index (Phi) is 4.21. The largest absolute Gasteiger partial charge is 0.444 e. The van der Waals surface area contributed by atoms with Crippen molar-refractivity contribution < 1.29 is 14.3 Å². The zero-order valence-electron chi connectivity index (χ0n) is 14.1. The number of amides is 1. The summed E-state index contributed by atoms with van der Waals surface area (Å²) in [7, 11) is 0. The predicted molar refractivity (Wildman–Crippen MR) is 84.6 cm³/mol. The fourth-order valence-corrected chi connectivity index (χ4v) is 4.03. The highest BCUT2D eigenvalue weighted by molar-refractivity contribution is 5.82. The van der Waals surface area contributed by atoms with E-state index < -0.39 is 5.60 Å². The van der Waals surface area contributed by atoms with Crippen molar-refractivity contribution in [1.29, 1.82) is 0 Å². The van der Waals surface area contributed by atoms with Crippen LogP contribution in [0.15, 0.2) is 0 Å². The van der Waals surface area contributed by atoms with Crippen molar-refractivity contribution in [3.63, 3.8) is 0 Å². The maximum Gasteiger partial charge on any atom is 0.410 e. The van der Waals surface area contributed by atoms with Crippen LogP contribution in [-0.4, -0.2) is 34.5 Å². The van der Waals surface area contributed by atoms with Crippen molar-refractivity contribution in [2.45, 2.75) is 89.8 Å². The van der Waals surface area contributed by atoms with Crippen LogP contribution < -0.4 is 0 Å².